The molecule has 0 amide bonds. The molecule has 0 aromatic heterocycles. The van der Waals surface area contributed by atoms with Crippen LogP contribution in [0.25, 0.3) is 0 Å². The number of rotatable bonds is 4. The molecule has 90 valence electrons. The quantitative estimate of drug-likeness (QED) is 0.614. The van der Waals surface area contributed by atoms with Gasteiger partial charge in [0.05, 0.1) is 0 Å². The van der Waals surface area contributed by atoms with Gasteiger partial charge in [-0.1, -0.05) is 56.9 Å². The molecule has 0 spiro atoms. The predicted molar refractivity (Wildman–Crippen MR) is 71.4 cm³/mol. The van der Waals surface area contributed by atoms with E-state index in [0.29, 0.717) is 0 Å². The van der Waals surface area contributed by atoms with E-state index in [1.165, 1.54) is 44.9 Å². The molecule has 2 rings (SSSR count). The van der Waals surface area contributed by atoms with Crippen LogP contribution in [0.2, 0.25) is 0 Å². The SMILES string of the molecule is CCCC1C=CC(CC2CCC(C)CC2)=C1. The molecule has 16 heavy (non-hydrogen) atoms. The fourth-order valence-corrected chi connectivity index (χ4v) is 3.15. The van der Waals surface area contributed by atoms with Gasteiger partial charge in [0.1, 0.15) is 0 Å². The van der Waals surface area contributed by atoms with Gasteiger partial charge in [0.15, 0.2) is 0 Å². The summed E-state index contributed by atoms with van der Waals surface area (Å²) in [5.74, 6) is 2.71. The fraction of sp³-hybridized carbons (Fsp3) is 0.750. The first-order chi connectivity index (χ1) is 7.78. The summed E-state index contributed by atoms with van der Waals surface area (Å²) in [7, 11) is 0. The molecule has 0 heteroatoms. The fourth-order valence-electron chi connectivity index (χ4n) is 3.15. The van der Waals surface area contributed by atoms with Crippen molar-refractivity contribution < 1.29 is 0 Å². The third-order valence-electron chi connectivity index (χ3n) is 4.27. The summed E-state index contributed by atoms with van der Waals surface area (Å²) in [6, 6.07) is 0. The second-order valence-corrected chi connectivity index (χ2v) is 5.88. The van der Waals surface area contributed by atoms with Gasteiger partial charge >= 0.3 is 0 Å². The highest BCUT2D eigenvalue weighted by atomic mass is 14.3. The van der Waals surface area contributed by atoms with E-state index in [1.54, 1.807) is 5.57 Å². The zero-order valence-electron chi connectivity index (χ0n) is 10.9. The van der Waals surface area contributed by atoms with Gasteiger partial charge in [-0.05, 0) is 43.4 Å². The molecule has 0 bridgehead atoms. The Bertz CT molecular complexity index is 264. The van der Waals surface area contributed by atoms with E-state index < -0.39 is 0 Å². The van der Waals surface area contributed by atoms with Crippen molar-refractivity contribution in [3.8, 4) is 0 Å². The Kier molecular flexibility index (Phi) is 4.26. The van der Waals surface area contributed by atoms with E-state index in [1.807, 2.05) is 0 Å². The first-order valence-corrected chi connectivity index (χ1v) is 7.16. The minimum atomic E-state index is 0.752. The van der Waals surface area contributed by atoms with Crippen molar-refractivity contribution in [2.75, 3.05) is 0 Å². The van der Waals surface area contributed by atoms with Gasteiger partial charge < -0.3 is 0 Å². The lowest BCUT2D eigenvalue weighted by Crippen LogP contribution is -2.12. The zero-order valence-corrected chi connectivity index (χ0v) is 10.9. The Morgan fingerprint density at radius 1 is 1.19 bits per heavy atom. The van der Waals surface area contributed by atoms with Crippen LogP contribution in [0.15, 0.2) is 23.8 Å². The van der Waals surface area contributed by atoms with Crippen LogP contribution in [0.1, 0.15) is 58.8 Å². The Labute approximate surface area is 101 Å². The number of hydrogen-bond acceptors (Lipinski definition) is 0. The molecule has 0 N–H and O–H groups in total. The van der Waals surface area contributed by atoms with E-state index in [9.17, 15) is 0 Å². The van der Waals surface area contributed by atoms with Crippen molar-refractivity contribution in [3.05, 3.63) is 23.8 Å². The maximum absolute atomic E-state index is 2.52. The van der Waals surface area contributed by atoms with E-state index in [-0.39, 0.29) is 0 Å². The Morgan fingerprint density at radius 2 is 1.94 bits per heavy atom. The van der Waals surface area contributed by atoms with Crippen LogP contribution in [0.5, 0.6) is 0 Å². The average Bonchev–Trinajstić information content (AvgIpc) is 2.70. The molecular weight excluding hydrogens is 192 g/mol. The van der Waals surface area contributed by atoms with E-state index in [2.05, 4.69) is 32.1 Å². The summed E-state index contributed by atoms with van der Waals surface area (Å²) in [5.41, 5.74) is 1.62. The number of allylic oxidation sites excluding steroid dienone is 4. The van der Waals surface area contributed by atoms with Crippen molar-refractivity contribution in [1.82, 2.24) is 0 Å². The van der Waals surface area contributed by atoms with E-state index in [4.69, 9.17) is 0 Å². The largest absolute Gasteiger partial charge is 0.0773 e. The Morgan fingerprint density at radius 3 is 2.62 bits per heavy atom. The summed E-state index contributed by atoms with van der Waals surface area (Å²) < 4.78 is 0. The van der Waals surface area contributed by atoms with Gasteiger partial charge in [-0.2, -0.15) is 0 Å². The van der Waals surface area contributed by atoms with Crippen molar-refractivity contribution >= 4 is 0 Å². The van der Waals surface area contributed by atoms with Crippen molar-refractivity contribution in [3.63, 3.8) is 0 Å². The Hall–Kier alpha value is -0.520. The molecular formula is C16H26. The van der Waals surface area contributed by atoms with Gasteiger partial charge in [-0.3, -0.25) is 0 Å². The van der Waals surface area contributed by atoms with Crippen LogP contribution >= 0.6 is 0 Å². The second kappa shape index (κ2) is 5.70. The van der Waals surface area contributed by atoms with Gasteiger partial charge in [-0.25, -0.2) is 0 Å². The molecule has 2 aliphatic rings. The average molecular weight is 218 g/mol. The summed E-state index contributed by atoms with van der Waals surface area (Å²) in [4.78, 5) is 0. The second-order valence-electron chi connectivity index (χ2n) is 5.88. The molecule has 1 saturated carbocycles. The standard InChI is InChI=1S/C16H26/c1-3-4-14-9-10-16(11-14)12-15-7-5-13(2)6-8-15/h9-11,13-15H,3-8,12H2,1-2H3. The summed E-state index contributed by atoms with van der Waals surface area (Å²) in [6.07, 6.45) is 17.1. The smallest absolute Gasteiger partial charge is 0.00446 e. The summed E-state index contributed by atoms with van der Waals surface area (Å²) in [6.45, 7) is 4.68. The van der Waals surface area contributed by atoms with Gasteiger partial charge in [0.25, 0.3) is 0 Å². The van der Waals surface area contributed by atoms with E-state index in [0.717, 1.165) is 17.8 Å². The van der Waals surface area contributed by atoms with Gasteiger partial charge in [-0.15, -0.1) is 0 Å². The van der Waals surface area contributed by atoms with Crippen molar-refractivity contribution in [2.45, 2.75) is 58.8 Å². The first-order valence-electron chi connectivity index (χ1n) is 7.16. The Balaban J connectivity index is 1.78. The summed E-state index contributed by atoms with van der Waals surface area (Å²) in [5, 5.41) is 0. The van der Waals surface area contributed by atoms with Crippen molar-refractivity contribution in [1.29, 1.82) is 0 Å². The molecule has 0 nitrogen and oxygen atoms in total. The zero-order chi connectivity index (χ0) is 11.4. The van der Waals surface area contributed by atoms with Crippen LogP contribution < -0.4 is 0 Å². The lowest BCUT2D eigenvalue weighted by Gasteiger charge is -2.26. The maximum atomic E-state index is 2.52. The molecule has 1 fully saturated rings. The molecule has 0 heterocycles. The molecule has 0 aromatic rings. The molecule has 0 saturated heterocycles. The van der Waals surface area contributed by atoms with Crippen LogP contribution in [-0.2, 0) is 0 Å². The van der Waals surface area contributed by atoms with Crippen molar-refractivity contribution in [2.24, 2.45) is 17.8 Å². The van der Waals surface area contributed by atoms with Gasteiger partial charge in [0, 0.05) is 0 Å². The highest BCUT2D eigenvalue weighted by molar-refractivity contribution is 5.29. The monoisotopic (exact) mass is 218 g/mol. The first kappa shape index (κ1) is 12.0. The molecule has 1 unspecified atom stereocenters. The molecule has 2 aliphatic carbocycles. The predicted octanol–water partition coefficient (Wildman–Crippen LogP) is 5.12. The van der Waals surface area contributed by atoms with Gasteiger partial charge in [0.2, 0.25) is 0 Å². The van der Waals surface area contributed by atoms with Crippen LogP contribution in [0.4, 0.5) is 0 Å². The molecule has 1 atom stereocenters. The lowest BCUT2D eigenvalue weighted by atomic mass is 9.80. The summed E-state index contributed by atoms with van der Waals surface area (Å²) >= 11 is 0. The van der Waals surface area contributed by atoms with Crippen LogP contribution in [-0.4, -0.2) is 0 Å². The minimum Gasteiger partial charge on any atom is -0.0773 e. The molecule has 0 aromatic carbocycles. The van der Waals surface area contributed by atoms with E-state index >= 15 is 0 Å². The molecule has 0 radical (unpaired) electrons. The van der Waals surface area contributed by atoms with Crippen LogP contribution in [0.3, 0.4) is 0 Å². The molecule has 0 aliphatic heterocycles. The van der Waals surface area contributed by atoms with Crippen LogP contribution in [0, 0.1) is 17.8 Å². The third-order valence-corrected chi connectivity index (χ3v) is 4.27. The third kappa shape index (κ3) is 3.23. The highest BCUT2D eigenvalue weighted by Gasteiger charge is 2.20. The maximum Gasteiger partial charge on any atom is -0.00446 e. The highest BCUT2D eigenvalue weighted by Crippen LogP contribution is 2.34. The lowest BCUT2D eigenvalue weighted by molar-refractivity contribution is 0.289. The number of hydrogen-bond donors (Lipinski definition) is 0. The minimum absolute atomic E-state index is 0.752. The normalized spacial score (nSPS) is 34.1. The topological polar surface area (TPSA) is 0 Å².